The summed E-state index contributed by atoms with van der Waals surface area (Å²) in [6.07, 6.45) is 3.15. The van der Waals surface area contributed by atoms with E-state index in [9.17, 15) is 0 Å². The molecule has 10 heteroatoms. The SMILES string of the molecule is C=CCOC(COc1ccc2ccc(OCC(COc3ccc4c(OCC5CO5)cccc4c3)OCC=C)cc2c1)COc1ccc2c(OCC3CO3)cccc2c1. The highest BCUT2D eigenvalue weighted by molar-refractivity contribution is 5.90. The Bertz CT molecular complexity index is 2160. The number of ether oxygens (including phenoxy) is 10. The molecular formula is C48H48O10. The lowest BCUT2D eigenvalue weighted by molar-refractivity contribution is 0.00605. The van der Waals surface area contributed by atoms with Crippen molar-refractivity contribution in [1.29, 1.82) is 0 Å². The van der Waals surface area contributed by atoms with Crippen LogP contribution in [0.3, 0.4) is 0 Å². The molecule has 4 atom stereocenters. The molecule has 6 aromatic carbocycles. The summed E-state index contributed by atoms with van der Waals surface area (Å²) in [6, 6.07) is 35.9. The number of hydrogen-bond acceptors (Lipinski definition) is 10. The van der Waals surface area contributed by atoms with E-state index in [0.29, 0.717) is 51.1 Å². The average molecular weight is 785 g/mol. The fraction of sp³-hybridized carbons (Fsp3) is 0.292. The molecule has 0 aromatic heterocycles. The molecule has 10 nitrogen and oxygen atoms in total. The van der Waals surface area contributed by atoms with Gasteiger partial charge in [0.15, 0.2) is 0 Å². The van der Waals surface area contributed by atoms with Crippen LogP contribution < -0.4 is 28.4 Å². The van der Waals surface area contributed by atoms with Gasteiger partial charge < -0.3 is 47.4 Å². The van der Waals surface area contributed by atoms with Crippen LogP contribution in [0.4, 0.5) is 0 Å². The van der Waals surface area contributed by atoms with Crippen molar-refractivity contribution in [3.63, 3.8) is 0 Å². The first-order chi connectivity index (χ1) is 28.6. The summed E-state index contributed by atoms with van der Waals surface area (Å²) in [5.74, 6) is 4.55. The number of fused-ring (bicyclic) bond motifs is 3. The molecule has 2 saturated heterocycles. The minimum absolute atomic E-state index is 0.193. The summed E-state index contributed by atoms with van der Waals surface area (Å²) in [5, 5.41) is 6.14. The van der Waals surface area contributed by atoms with Crippen molar-refractivity contribution in [1.82, 2.24) is 0 Å². The highest BCUT2D eigenvalue weighted by Gasteiger charge is 2.24. The summed E-state index contributed by atoms with van der Waals surface area (Å²) in [4.78, 5) is 0. The zero-order valence-electron chi connectivity index (χ0n) is 32.4. The number of epoxide rings is 2. The average Bonchev–Trinajstić information content (AvgIpc) is 4.21. The molecule has 2 aliphatic rings. The van der Waals surface area contributed by atoms with E-state index in [1.54, 1.807) is 12.2 Å². The molecule has 0 spiro atoms. The summed E-state index contributed by atoms with van der Waals surface area (Å²) in [5.41, 5.74) is 0. The van der Waals surface area contributed by atoms with Gasteiger partial charge in [0, 0.05) is 10.8 Å². The molecular weight excluding hydrogens is 737 g/mol. The Balaban J connectivity index is 0.855. The molecule has 0 radical (unpaired) electrons. The van der Waals surface area contributed by atoms with Gasteiger partial charge in [-0.1, -0.05) is 48.6 Å². The third kappa shape index (κ3) is 10.8. The Kier molecular flexibility index (Phi) is 12.9. The summed E-state index contributed by atoms with van der Waals surface area (Å²) in [7, 11) is 0. The minimum Gasteiger partial charge on any atom is -0.491 e. The van der Waals surface area contributed by atoms with E-state index in [1.807, 2.05) is 109 Å². The molecule has 0 saturated carbocycles. The highest BCUT2D eigenvalue weighted by atomic mass is 16.6. The Morgan fingerprint density at radius 1 is 0.483 bits per heavy atom. The second-order valence-electron chi connectivity index (χ2n) is 14.2. The zero-order valence-corrected chi connectivity index (χ0v) is 32.4. The molecule has 2 heterocycles. The minimum atomic E-state index is -0.337. The lowest BCUT2D eigenvalue weighted by Crippen LogP contribution is -2.29. The number of hydrogen-bond donors (Lipinski definition) is 0. The Labute approximate surface area is 338 Å². The predicted octanol–water partition coefficient (Wildman–Crippen LogP) is 8.76. The van der Waals surface area contributed by atoms with Crippen LogP contribution in [0, 0.1) is 0 Å². The van der Waals surface area contributed by atoms with Crippen LogP contribution in [0.1, 0.15) is 0 Å². The summed E-state index contributed by atoms with van der Waals surface area (Å²) < 4.78 is 59.5. The highest BCUT2D eigenvalue weighted by Crippen LogP contribution is 2.32. The summed E-state index contributed by atoms with van der Waals surface area (Å²) >= 11 is 0. The van der Waals surface area contributed by atoms with Gasteiger partial charge in [0.25, 0.3) is 0 Å². The first-order valence-electron chi connectivity index (χ1n) is 19.6. The van der Waals surface area contributed by atoms with Crippen molar-refractivity contribution in [2.24, 2.45) is 0 Å². The van der Waals surface area contributed by atoms with Crippen molar-refractivity contribution in [2.75, 3.05) is 66.1 Å². The van der Waals surface area contributed by atoms with Crippen molar-refractivity contribution in [3.05, 3.63) is 135 Å². The smallest absolute Gasteiger partial charge is 0.127 e. The molecule has 2 aliphatic heterocycles. The molecule has 8 rings (SSSR count). The molecule has 0 aliphatic carbocycles. The van der Waals surface area contributed by atoms with E-state index in [-0.39, 0.29) is 37.6 Å². The van der Waals surface area contributed by atoms with Gasteiger partial charge >= 0.3 is 0 Å². The van der Waals surface area contributed by atoms with E-state index < -0.39 is 0 Å². The van der Waals surface area contributed by atoms with Crippen molar-refractivity contribution in [3.8, 4) is 34.5 Å². The van der Waals surface area contributed by atoms with E-state index in [0.717, 1.165) is 68.5 Å². The second kappa shape index (κ2) is 19.1. The zero-order chi connectivity index (χ0) is 39.5. The third-order valence-electron chi connectivity index (χ3n) is 9.70. The molecule has 6 aromatic rings. The summed E-state index contributed by atoms with van der Waals surface area (Å²) in [6.45, 7) is 12.1. The molecule has 0 N–H and O–H groups in total. The van der Waals surface area contributed by atoms with E-state index in [4.69, 9.17) is 47.4 Å². The van der Waals surface area contributed by atoms with Crippen molar-refractivity contribution < 1.29 is 47.4 Å². The maximum atomic E-state index is 6.25. The standard InChI is InChI=1S/C48H48O10/c1-3-19-49-41(27-53-39-15-17-45-34(21-39)7-5-9-47(45)57-31-43-29-55-43)25-51-37-13-11-33-12-14-38(24-36(33)23-37)52-26-42(50-20-4-2)28-54-40-16-18-46-35(22-40)8-6-10-48(46)58-32-44-30-56-44/h3-18,21-24,41-44H,1-2,19-20,25-32H2. The Morgan fingerprint density at radius 2 is 0.879 bits per heavy atom. The molecule has 58 heavy (non-hydrogen) atoms. The van der Waals surface area contributed by atoms with Crippen LogP contribution >= 0.6 is 0 Å². The van der Waals surface area contributed by atoms with Crippen LogP contribution in [-0.4, -0.2) is 90.5 Å². The van der Waals surface area contributed by atoms with E-state index in [1.165, 1.54) is 0 Å². The first-order valence-corrected chi connectivity index (χ1v) is 19.6. The maximum Gasteiger partial charge on any atom is 0.127 e. The first kappa shape index (κ1) is 39.1. The van der Waals surface area contributed by atoms with Gasteiger partial charge in [-0.3, -0.25) is 0 Å². The molecule has 0 amide bonds. The topological polar surface area (TPSA) is 98.9 Å². The number of benzene rings is 6. The lowest BCUT2D eigenvalue weighted by Gasteiger charge is -2.20. The Hall–Kier alpha value is -5.78. The van der Waals surface area contributed by atoms with Crippen LogP contribution in [0.2, 0.25) is 0 Å². The van der Waals surface area contributed by atoms with Gasteiger partial charge in [0.2, 0.25) is 0 Å². The normalized spacial score (nSPS) is 16.7. The van der Waals surface area contributed by atoms with Gasteiger partial charge in [0.1, 0.15) is 98.6 Å². The van der Waals surface area contributed by atoms with Gasteiger partial charge in [-0.2, -0.15) is 0 Å². The van der Waals surface area contributed by atoms with Crippen LogP contribution in [0.25, 0.3) is 32.3 Å². The quantitative estimate of drug-likeness (QED) is 0.0438. The largest absolute Gasteiger partial charge is 0.491 e. The van der Waals surface area contributed by atoms with Crippen LogP contribution in [0.15, 0.2) is 135 Å². The van der Waals surface area contributed by atoms with E-state index >= 15 is 0 Å². The number of rotatable bonds is 24. The molecule has 0 bridgehead atoms. The molecule has 300 valence electrons. The van der Waals surface area contributed by atoms with Crippen molar-refractivity contribution >= 4 is 32.3 Å². The van der Waals surface area contributed by atoms with Crippen LogP contribution in [-0.2, 0) is 18.9 Å². The van der Waals surface area contributed by atoms with E-state index in [2.05, 4.69) is 13.2 Å². The molecule has 2 fully saturated rings. The molecule has 4 unspecified atom stereocenters. The lowest BCUT2D eigenvalue weighted by atomic mass is 10.1. The van der Waals surface area contributed by atoms with Gasteiger partial charge in [-0.25, -0.2) is 0 Å². The van der Waals surface area contributed by atoms with Crippen molar-refractivity contribution in [2.45, 2.75) is 24.4 Å². The monoisotopic (exact) mass is 784 g/mol. The fourth-order valence-electron chi connectivity index (χ4n) is 6.43. The predicted molar refractivity (Wildman–Crippen MR) is 224 cm³/mol. The Morgan fingerprint density at radius 3 is 1.28 bits per heavy atom. The third-order valence-corrected chi connectivity index (χ3v) is 9.70. The second-order valence-corrected chi connectivity index (χ2v) is 14.2. The van der Waals surface area contributed by atoms with Gasteiger partial charge in [-0.05, 0) is 94.3 Å². The fourth-order valence-corrected chi connectivity index (χ4v) is 6.43. The van der Waals surface area contributed by atoms with Crippen LogP contribution in [0.5, 0.6) is 34.5 Å². The van der Waals surface area contributed by atoms with Gasteiger partial charge in [0.05, 0.1) is 26.4 Å². The van der Waals surface area contributed by atoms with Gasteiger partial charge in [-0.15, -0.1) is 13.2 Å². The maximum absolute atomic E-state index is 6.25.